The summed E-state index contributed by atoms with van der Waals surface area (Å²) in [6.07, 6.45) is 1.89. The maximum absolute atomic E-state index is 12.0. The second kappa shape index (κ2) is 5.51. The molecule has 0 saturated heterocycles. The quantitative estimate of drug-likeness (QED) is 0.782. The number of likely N-dealkylation sites (N-methyl/N-ethyl adjacent to an activating group) is 1. The maximum Gasteiger partial charge on any atom is 0.251 e. The van der Waals surface area contributed by atoms with E-state index < -0.39 is 0 Å². The SMILES string of the molecule is CN1CC(NC(=O)c2ccc(CC(N)=O)cc2)C=N1. The topological polar surface area (TPSA) is 87.8 Å². The molecule has 0 aliphatic carbocycles. The second-order valence-electron chi connectivity index (χ2n) is 4.52. The number of nitrogens with two attached hydrogens (primary N) is 1. The maximum atomic E-state index is 12.0. The number of hydrazone groups is 1. The van der Waals surface area contributed by atoms with E-state index in [1.54, 1.807) is 35.5 Å². The lowest BCUT2D eigenvalue weighted by Crippen LogP contribution is -2.38. The Hall–Kier alpha value is -2.37. The van der Waals surface area contributed by atoms with Crippen LogP contribution < -0.4 is 11.1 Å². The van der Waals surface area contributed by atoms with E-state index >= 15 is 0 Å². The van der Waals surface area contributed by atoms with Gasteiger partial charge < -0.3 is 11.1 Å². The fraction of sp³-hybridized carbons (Fsp3) is 0.308. The summed E-state index contributed by atoms with van der Waals surface area (Å²) >= 11 is 0. The molecular weight excluding hydrogens is 244 g/mol. The third kappa shape index (κ3) is 3.54. The van der Waals surface area contributed by atoms with E-state index in [4.69, 9.17) is 5.73 Å². The smallest absolute Gasteiger partial charge is 0.251 e. The first-order chi connectivity index (χ1) is 9.04. The number of carbonyl (C=O) groups is 2. The molecular formula is C13H16N4O2. The van der Waals surface area contributed by atoms with Crippen molar-refractivity contribution in [1.82, 2.24) is 10.3 Å². The van der Waals surface area contributed by atoms with E-state index in [1.807, 2.05) is 7.05 Å². The number of hydrogen-bond donors (Lipinski definition) is 2. The monoisotopic (exact) mass is 260 g/mol. The molecule has 0 aromatic heterocycles. The van der Waals surface area contributed by atoms with Gasteiger partial charge in [-0.1, -0.05) is 12.1 Å². The number of amides is 2. The van der Waals surface area contributed by atoms with Crippen LogP contribution in [-0.4, -0.2) is 42.7 Å². The average molecular weight is 260 g/mol. The normalized spacial score (nSPS) is 17.5. The molecule has 3 N–H and O–H groups in total. The molecule has 0 spiro atoms. The highest BCUT2D eigenvalue weighted by molar-refractivity contribution is 5.96. The zero-order valence-corrected chi connectivity index (χ0v) is 10.7. The molecule has 100 valence electrons. The van der Waals surface area contributed by atoms with Crippen LogP contribution in [0, 0.1) is 0 Å². The number of benzene rings is 1. The van der Waals surface area contributed by atoms with Crippen molar-refractivity contribution in [3.05, 3.63) is 35.4 Å². The van der Waals surface area contributed by atoms with Crippen molar-refractivity contribution in [1.29, 1.82) is 0 Å². The van der Waals surface area contributed by atoms with Gasteiger partial charge in [-0.2, -0.15) is 5.10 Å². The molecule has 1 aromatic carbocycles. The fourth-order valence-corrected chi connectivity index (χ4v) is 1.88. The minimum Gasteiger partial charge on any atom is -0.369 e. The Bertz CT molecular complexity index is 510. The molecule has 0 bridgehead atoms. The van der Waals surface area contributed by atoms with Crippen LogP contribution in [0.2, 0.25) is 0 Å². The van der Waals surface area contributed by atoms with E-state index in [9.17, 15) is 9.59 Å². The Kier molecular flexibility index (Phi) is 3.79. The molecule has 2 rings (SSSR count). The number of nitrogens with one attached hydrogen (secondary N) is 1. The van der Waals surface area contributed by atoms with Crippen LogP contribution >= 0.6 is 0 Å². The van der Waals surface area contributed by atoms with Crippen LogP contribution in [0.4, 0.5) is 0 Å². The van der Waals surface area contributed by atoms with E-state index in [-0.39, 0.29) is 24.3 Å². The average Bonchev–Trinajstić information content (AvgIpc) is 2.75. The van der Waals surface area contributed by atoms with Gasteiger partial charge in [0.2, 0.25) is 5.91 Å². The molecule has 1 unspecified atom stereocenters. The lowest BCUT2D eigenvalue weighted by atomic mass is 10.1. The van der Waals surface area contributed by atoms with Gasteiger partial charge in [0, 0.05) is 18.8 Å². The highest BCUT2D eigenvalue weighted by Gasteiger charge is 2.17. The minimum absolute atomic E-state index is 0.0669. The summed E-state index contributed by atoms with van der Waals surface area (Å²) in [6, 6.07) is 6.76. The first-order valence-electron chi connectivity index (χ1n) is 5.98. The van der Waals surface area contributed by atoms with Crippen molar-refractivity contribution in [2.45, 2.75) is 12.5 Å². The Morgan fingerprint density at radius 2 is 2.11 bits per heavy atom. The van der Waals surface area contributed by atoms with Gasteiger partial charge in [0.05, 0.1) is 19.0 Å². The summed E-state index contributed by atoms with van der Waals surface area (Å²) in [5.74, 6) is -0.542. The number of hydrogen-bond acceptors (Lipinski definition) is 4. The van der Waals surface area contributed by atoms with Gasteiger partial charge in [0.15, 0.2) is 0 Å². The molecule has 6 nitrogen and oxygen atoms in total. The molecule has 0 fully saturated rings. The van der Waals surface area contributed by atoms with Gasteiger partial charge in [0.1, 0.15) is 0 Å². The third-order valence-corrected chi connectivity index (χ3v) is 2.82. The van der Waals surface area contributed by atoms with Crippen molar-refractivity contribution in [2.24, 2.45) is 10.8 Å². The minimum atomic E-state index is -0.387. The van der Waals surface area contributed by atoms with Crippen LogP contribution in [0.3, 0.4) is 0 Å². The van der Waals surface area contributed by atoms with Crippen molar-refractivity contribution in [3.8, 4) is 0 Å². The molecule has 1 heterocycles. The zero-order valence-electron chi connectivity index (χ0n) is 10.7. The van der Waals surface area contributed by atoms with Crippen molar-refractivity contribution in [2.75, 3.05) is 13.6 Å². The summed E-state index contributed by atoms with van der Waals surface area (Å²) in [7, 11) is 1.85. The highest BCUT2D eigenvalue weighted by Crippen LogP contribution is 2.06. The summed E-state index contributed by atoms with van der Waals surface area (Å²) in [6.45, 7) is 0.672. The summed E-state index contributed by atoms with van der Waals surface area (Å²) in [4.78, 5) is 22.7. The van der Waals surface area contributed by atoms with Crippen LogP contribution in [0.5, 0.6) is 0 Å². The van der Waals surface area contributed by atoms with Gasteiger partial charge in [-0.15, -0.1) is 0 Å². The number of nitrogens with zero attached hydrogens (tertiary/aromatic N) is 2. The first-order valence-corrected chi connectivity index (χ1v) is 5.98. The van der Waals surface area contributed by atoms with Crippen LogP contribution in [-0.2, 0) is 11.2 Å². The van der Waals surface area contributed by atoms with E-state index in [1.165, 1.54) is 0 Å². The zero-order chi connectivity index (χ0) is 13.8. The molecule has 1 atom stereocenters. The third-order valence-electron chi connectivity index (χ3n) is 2.82. The lowest BCUT2D eigenvalue weighted by molar-refractivity contribution is -0.117. The predicted molar refractivity (Wildman–Crippen MR) is 71.7 cm³/mol. The van der Waals surface area contributed by atoms with E-state index in [0.717, 1.165) is 5.56 Å². The van der Waals surface area contributed by atoms with Gasteiger partial charge in [-0.25, -0.2) is 0 Å². The Labute approximate surface area is 111 Å². The van der Waals surface area contributed by atoms with Crippen molar-refractivity contribution < 1.29 is 9.59 Å². The van der Waals surface area contributed by atoms with Crippen LogP contribution in [0.15, 0.2) is 29.4 Å². The fourth-order valence-electron chi connectivity index (χ4n) is 1.88. The van der Waals surface area contributed by atoms with Gasteiger partial charge in [-0.3, -0.25) is 14.6 Å². The number of rotatable bonds is 4. The second-order valence-corrected chi connectivity index (χ2v) is 4.52. The van der Waals surface area contributed by atoms with Gasteiger partial charge in [-0.05, 0) is 17.7 Å². The van der Waals surface area contributed by atoms with Crippen LogP contribution in [0.25, 0.3) is 0 Å². The molecule has 0 radical (unpaired) electrons. The molecule has 19 heavy (non-hydrogen) atoms. The summed E-state index contributed by atoms with van der Waals surface area (Å²) < 4.78 is 0. The Morgan fingerprint density at radius 1 is 1.42 bits per heavy atom. The highest BCUT2D eigenvalue weighted by atomic mass is 16.2. The first kappa shape index (κ1) is 13.1. The molecule has 1 aliphatic heterocycles. The Balaban J connectivity index is 1.96. The molecule has 6 heteroatoms. The van der Waals surface area contributed by atoms with Gasteiger partial charge in [0.25, 0.3) is 5.91 Å². The van der Waals surface area contributed by atoms with Gasteiger partial charge >= 0.3 is 0 Å². The van der Waals surface area contributed by atoms with E-state index in [0.29, 0.717) is 12.1 Å². The van der Waals surface area contributed by atoms with Crippen molar-refractivity contribution in [3.63, 3.8) is 0 Å². The number of carbonyl (C=O) groups excluding carboxylic acids is 2. The summed E-state index contributed by atoms with van der Waals surface area (Å²) in [5, 5.41) is 8.68. The molecule has 1 aliphatic rings. The Morgan fingerprint density at radius 3 is 2.63 bits per heavy atom. The van der Waals surface area contributed by atoms with E-state index in [2.05, 4.69) is 10.4 Å². The predicted octanol–water partition coefficient (Wildman–Crippen LogP) is -0.256. The van der Waals surface area contributed by atoms with Crippen molar-refractivity contribution >= 4 is 18.0 Å². The standard InChI is InChI=1S/C13H16N4O2/c1-17-8-11(7-15-17)16-13(19)10-4-2-9(3-5-10)6-12(14)18/h2-5,7,11H,6,8H2,1H3,(H2,14,18)(H,16,19). The molecule has 0 saturated carbocycles. The number of primary amides is 1. The molecule has 2 amide bonds. The lowest BCUT2D eigenvalue weighted by Gasteiger charge is -2.12. The van der Waals surface area contributed by atoms with Crippen LogP contribution in [0.1, 0.15) is 15.9 Å². The molecule has 1 aromatic rings. The summed E-state index contributed by atoms with van der Waals surface area (Å²) in [5.41, 5.74) is 6.46. The largest absolute Gasteiger partial charge is 0.369 e.